The Hall–Kier alpha value is 0.0600. The van der Waals surface area contributed by atoms with Gasteiger partial charge >= 0.3 is 0 Å². The molecule has 1 aromatic carbocycles. The lowest BCUT2D eigenvalue weighted by Crippen LogP contribution is -2.12. The fourth-order valence-corrected chi connectivity index (χ4v) is 2.38. The van der Waals surface area contributed by atoms with Crippen LogP contribution in [0.25, 0.3) is 0 Å². The monoisotopic (exact) mass is 324 g/mol. The number of nitrogens with zero attached hydrogens (tertiary/aromatic N) is 1. The first-order valence-electron chi connectivity index (χ1n) is 3.68. The number of rotatable bonds is 0. The highest BCUT2D eigenvalue weighted by Gasteiger charge is 2.10. The minimum atomic E-state index is 0.716. The zero-order valence-corrected chi connectivity index (χ0v) is 10.3. The van der Waals surface area contributed by atoms with Gasteiger partial charge in [-0.1, -0.05) is 11.6 Å². The second-order valence-corrected chi connectivity index (χ2v) is 4.92. The van der Waals surface area contributed by atoms with E-state index in [2.05, 4.69) is 31.5 Å². The Kier molecular flexibility index (Phi) is 3.00. The number of hydrogen-bond acceptors (Lipinski definition) is 3. The molecule has 2 rings (SSSR count). The summed E-state index contributed by atoms with van der Waals surface area (Å²) in [4.78, 5) is 4.33. The zero-order valence-electron chi connectivity index (χ0n) is 6.55. The Balaban J connectivity index is 2.33. The van der Waals surface area contributed by atoms with Gasteiger partial charge in [-0.2, -0.15) is 0 Å². The largest absolute Gasteiger partial charge is 0.334 e. The highest BCUT2D eigenvalue weighted by Crippen LogP contribution is 2.27. The van der Waals surface area contributed by atoms with Crippen LogP contribution in [-0.2, 0) is 6.54 Å². The SMILES string of the molecule is Clc1ccc2c(c1)CN=C(SI)N2. The molecule has 0 aliphatic carbocycles. The lowest BCUT2D eigenvalue weighted by molar-refractivity contribution is 1.06. The van der Waals surface area contributed by atoms with Crippen LogP contribution in [-0.4, -0.2) is 5.17 Å². The predicted molar refractivity (Wildman–Crippen MR) is 67.8 cm³/mol. The first-order valence-corrected chi connectivity index (χ1v) is 7.42. The molecule has 1 N–H and O–H groups in total. The Labute approximate surface area is 97.7 Å². The van der Waals surface area contributed by atoms with E-state index in [4.69, 9.17) is 11.6 Å². The molecule has 0 atom stereocenters. The van der Waals surface area contributed by atoms with Gasteiger partial charge in [0.1, 0.15) is 0 Å². The number of nitrogens with one attached hydrogen (secondary N) is 1. The van der Waals surface area contributed by atoms with E-state index >= 15 is 0 Å². The molecule has 5 heteroatoms. The molecule has 0 unspecified atom stereocenters. The summed E-state index contributed by atoms with van der Waals surface area (Å²) in [7, 11) is 1.59. The number of aliphatic imine (C=N–C) groups is 1. The molecule has 0 fully saturated rings. The van der Waals surface area contributed by atoms with Crippen LogP contribution in [0.15, 0.2) is 23.2 Å². The van der Waals surface area contributed by atoms with Crippen molar-refractivity contribution in [2.75, 3.05) is 5.32 Å². The highest BCUT2D eigenvalue weighted by atomic mass is 127. The van der Waals surface area contributed by atoms with E-state index in [1.54, 1.807) is 8.93 Å². The van der Waals surface area contributed by atoms with Gasteiger partial charge in [0.2, 0.25) is 0 Å². The molecule has 0 spiro atoms. The van der Waals surface area contributed by atoms with Crippen LogP contribution in [0.4, 0.5) is 5.69 Å². The summed E-state index contributed by atoms with van der Waals surface area (Å²) in [5, 5.41) is 4.94. The second-order valence-electron chi connectivity index (χ2n) is 2.63. The van der Waals surface area contributed by atoms with Crippen molar-refractivity contribution in [3.63, 3.8) is 0 Å². The molecule has 0 bridgehead atoms. The molecule has 1 aliphatic heterocycles. The fraction of sp³-hybridized carbons (Fsp3) is 0.125. The van der Waals surface area contributed by atoms with Gasteiger partial charge in [0.15, 0.2) is 5.17 Å². The summed E-state index contributed by atoms with van der Waals surface area (Å²) in [6, 6.07) is 5.81. The maximum atomic E-state index is 5.86. The number of amidine groups is 1. The third-order valence-corrected chi connectivity index (χ3v) is 3.64. The summed E-state index contributed by atoms with van der Waals surface area (Å²) in [6.45, 7) is 0.716. The third-order valence-electron chi connectivity index (χ3n) is 1.77. The normalized spacial score (nSPS) is 14.5. The van der Waals surface area contributed by atoms with Crippen LogP contribution in [0, 0.1) is 0 Å². The standard InChI is InChI=1S/C8H6ClIN2S/c9-6-1-2-7-5(3-6)4-11-8(12-7)13-10/h1-3H,4H2,(H,11,12). The van der Waals surface area contributed by atoms with E-state index in [1.165, 1.54) is 0 Å². The van der Waals surface area contributed by atoms with E-state index in [-0.39, 0.29) is 0 Å². The maximum Gasteiger partial charge on any atom is 0.171 e. The Bertz CT molecular complexity index is 367. The Morgan fingerprint density at radius 2 is 2.38 bits per heavy atom. The van der Waals surface area contributed by atoms with E-state index in [0.717, 1.165) is 21.4 Å². The molecule has 0 saturated carbocycles. The zero-order chi connectivity index (χ0) is 9.26. The van der Waals surface area contributed by atoms with E-state index in [0.29, 0.717) is 6.54 Å². The first-order chi connectivity index (χ1) is 6.29. The average molecular weight is 325 g/mol. The van der Waals surface area contributed by atoms with Crippen LogP contribution < -0.4 is 5.32 Å². The molecule has 13 heavy (non-hydrogen) atoms. The van der Waals surface area contributed by atoms with Crippen molar-refractivity contribution in [1.29, 1.82) is 0 Å². The van der Waals surface area contributed by atoms with Crippen LogP contribution in [0.3, 0.4) is 0 Å². The van der Waals surface area contributed by atoms with Gasteiger partial charge in [-0.15, -0.1) is 0 Å². The van der Waals surface area contributed by atoms with Crippen molar-refractivity contribution < 1.29 is 0 Å². The topological polar surface area (TPSA) is 24.4 Å². The van der Waals surface area contributed by atoms with E-state index < -0.39 is 0 Å². The quantitative estimate of drug-likeness (QED) is 0.736. The van der Waals surface area contributed by atoms with Crippen molar-refractivity contribution in [1.82, 2.24) is 0 Å². The van der Waals surface area contributed by atoms with Gasteiger partial charge in [-0.25, -0.2) is 0 Å². The number of benzene rings is 1. The lowest BCUT2D eigenvalue weighted by atomic mass is 10.1. The molecule has 1 heterocycles. The number of halogens is 2. The Morgan fingerprint density at radius 1 is 1.54 bits per heavy atom. The maximum absolute atomic E-state index is 5.86. The number of hydrogen-bond donors (Lipinski definition) is 1. The number of anilines is 1. The molecule has 0 aromatic heterocycles. The minimum Gasteiger partial charge on any atom is -0.334 e. The molecular weight excluding hydrogens is 319 g/mol. The Morgan fingerprint density at radius 3 is 3.15 bits per heavy atom. The molecule has 2 nitrogen and oxygen atoms in total. The van der Waals surface area contributed by atoms with Crippen LogP contribution in [0.1, 0.15) is 5.56 Å². The van der Waals surface area contributed by atoms with Crippen molar-refractivity contribution >= 4 is 52.6 Å². The molecule has 0 amide bonds. The summed E-state index contributed by atoms with van der Waals surface area (Å²) < 4.78 is 0. The molecule has 1 aliphatic rings. The lowest BCUT2D eigenvalue weighted by Gasteiger charge is -2.16. The summed E-state index contributed by atoms with van der Waals surface area (Å²) in [5.41, 5.74) is 2.26. The summed E-state index contributed by atoms with van der Waals surface area (Å²) in [6.07, 6.45) is 0. The van der Waals surface area contributed by atoms with Crippen LogP contribution in [0.2, 0.25) is 5.02 Å². The second kappa shape index (κ2) is 4.06. The summed E-state index contributed by atoms with van der Waals surface area (Å²) in [5.74, 6) is 0. The van der Waals surface area contributed by atoms with Gasteiger partial charge in [-0.05, 0) is 32.7 Å². The molecule has 0 radical (unpaired) electrons. The van der Waals surface area contributed by atoms with Gasteiger partial charge in [0.25, 0.3) is 0 Å². The van der Waals surface area contributed by atoms with Gasteiger partial charge in [0, 0.05) is 31.9 Å². The van der Waals surface area contributed by atoms with Gasteiger partial charge in [-0.3, -0.25) is 4.99 Å². The van der Waals surface area contributed by atoms with Crippen LogP contribution in [0.5, 0.6) is 0 Å². The molecule has 1 aromatic rings. The highest BCUT2D eigenvalue weighted by molar-refractivity contribution is 14.2. The van der Waals surface area contributed by atoms with Crippen molar-refractivity contribution in [2.45, 2.75) is 6.54 Å². The molecule has 0 saturated heterocycles. The minimum absolute atomic E-state index is 0.716. The average Bonchev–Trinajstić information content (AvgIpc) is 2.17. The first kappa shape index (κ1) is 9.61. The van der Waals surface area contributed by atoms with Gasteiger partial charge < -0.3 is 5.32 Å². The van der Waals surface area contributed by atoms with Crippen molar-refractivity contribution in [2.24, 2.45) is 4.99 Å². The van der Waals surface area contributed by atoms with Crippen molar-refractivity contribution in [3.05, 3.63) is 28.8 Å². The third kappa shape index (κ3) is 2.11. The fourth-order valence-electron chi connectivity index (χ4n) is 1.17. The summed E-state index contributed by atoms with van der Waals surface area (Å²) >= 11 is 8.07. The van der Waals surface area contributed by atoms with E-state index in [9.17, 15) is 0 Å². The smallest absolute Gasteiger partial charge is 0.171 e. The van der Waals surface area contributed by atoms with E-state index in [1.807, 2.05) is 18.2 Å². The molecule has 68 valence electrons. The predicted octanol–water partition coefficient (Wildman–Crippen LogP) is 3.70. The van der Waals surface area contributed by atoms with Crippen LogP contribution >= 0.6 is 41.7 Å². The molecular formula is C8H6ClIN2S. The number of fused-ring (bicyclic) bond motifs is 1. The van der Waals surface area contributed by atoms with Gasteiger partial charge in [0.05, 0.1) is 6.54 Å². The van der Waals surface area contributed by atoms with Crippen molar-refractivity contribution in [3.8, 4) is 0 Å².